The predicted octanol–water partition coefficient (Wildman–Crippen LogP) is 2.21. The van der Waals surface area contributed by atoms with Crippen LogP contribution in [0.3, 0.4) is 0 Å². The number of anilines is 2. The van der Waals surface area contributed by atoms with Gasteiger partial charge in [-0.2, -0.15) is 15.6 Å². The van der Waals surface area contributed by atoms with Crippen molar-refractivity contribution in [2.75, 3.05) is 17.2 Å². The van der Waals surface area contributed by atoms with Crippen LogP contribution in [0.25, 0.3) is 11.4 Å². The minimum absolute atomic E-state index is 0.0658. The van der Waals surface area contributed by atoms with E-state index in [0.29, 0.717) is 28.5 Å². The van der Waals surface area contributed by atoms with Gasteiger partial charge in [0.25, 0.3) is 5.91 Å². The van der Waals surface area contributed by atoms with Crippen molar-refractivity contribution in [2.24, 2.45) is 0 Å². The molecule has 31 heavy (non-hydrogen) atoms. The van der Waals surface area contributed by atoms with Gasteiger partial charge < -0.3 is 5.73 Å². The topological polar surface area (TPSA) is 150 Å². The van der Waals surface area contributed by atoms with E-state index >= 15 is 0 Å². The van der Waals surface area contributed by atoms with Crippen molar-refractivity contribution in [1.29, 1.82) is 10.5 Å². The Morgan fingerprint density at radius 3 is 2.77 bits per heavy atom. The van der Waals surface area contributed by atoms with E-state index < -0.39 is 11.3 Å². The largest absolute Gasteiger partial charge is 0.368 e. The Kier molecular flexibility index (Phi) is 4.91. The minimum Gasteiger partial charge on any atom is -0.368 e. The van der Waals surface area contributed by atoms with Gasteiger partial charge in [-0.25, -0.2) is 19.6 Å². The Labute approximate surface area is 182 Å². The van der Waals surface area contributed by atoms with Crippen molar-refractivity contribution in [3.63, 3.8) is 0 Å². The van der Waals surface area contributed by atoms with E-state index in [-0.39, 0.29) is 24.7 Å². The summed E-state index contributed by atoms with van der Waals surface area (Å²) in [6.07, 6.45) is 2.25. The van der Waals surface area contributed by atoms with Crippen molar-refractivity contribution >= 4 is 28.3 Å². The summed E-state index contributed by atoms with van der Waals surface area (Å²) in [6, 6.07) is 4.12. The van der Waals surface area contributed by atoms with Gasteiger partial charge in [0, 0.05) is 17.1 Å². The zero-order valence-electron chi connectivity index (χ0n) is 17.2. The van der Waals surface area contributed by atoms with Crippen LogP contribution in [-0.4, -0.2) is 37.2 Å². The Morgan fingerprint density at radius 1 is 1.35 bits per heavy atom. The van der Waals surface area contributed by atoms with Crippen LogP contribution >= 0.6 is 11.3 Å². The fraction of sp³-hybridized carbons (Fsp3) is 0.350. The number of nitrogens with two attached hydrogens (primary N) is 1. The number of carbonyl (C=O) groups excluding carboxylic acids is 1. The van der Waals surface area contributed by atoms with Crippen LogP contribution in [0.1, 0.15) is 41.2 Å². The Morgan fingerprint density at radius 2 is 2.13 bits per heavy atom. The third kappa shape index (κ3) is 3.39. The summed E-state index contributed by atoms with van der Waals surface area (Å²) in [5, 5.41) is 25.4. The van der Waals surface area contributed by atoms with Crippen molar-refractivity contribution in [3.05, 3.63) is 34.1 Å². The molecular weight excluding hydrogens is 414 g/mol. The highest BCUT2D eigenvalue weighted by atomic mass is 32.1. The maximum Gasteiger partial charge on any atom is 0.281 e. The third-order valence-corrected chi connectivity index (χ3v) is 6.09. The lowest BCUT2D eigenvalue weighted by molar-refractivity contribution is 0.0982. The molecule has 10 nitrogen and oxygen atoms in total. The molecule has 3 aromatic rings. The zero-order valence-corrected chi connectivity index (χ0v) is 18.1. The molecule has 4 rings (SSSR count). The van der Waals surface area contributed by atoms with Gasteiger partial charge >= 0.3 is 0 Å². The highest BCUT2D eigenvalue weighted by Crippen LogP contribution is 2.44. The first-order chi connectivity index (χ1) is 14.8. The van der Waals surface area contributed by atoms with Crippen molar-refractivity contribution in [2.45, 2.75) is 39.2 Å². The molecule has 1 amide bonds. The van der Waals surface area contributed by atoms with E-state index in [9.17, 15) is 15.3 Å². The average Bonchev–Trinajstić information content (AvgIpc) is 3.31. The fourth-order valence-corrected chi connectivity index (χ4v) is 4.68. The number of aromatic nitrogens is 5. The first-order valence-electron chi connectivity index (χ1n) is 9.47. The molecule has 3 aromatic heterocycles. The Balaban J connectivity index is 1.95. The second-order valence-electron chi connectivity index (χ2n) is 7.87. The van der Waals surface area contributed by atoms with Gasteiger partial charge in [-0.1, -0.05) is 13.8 Å². The smallest absolute Gasteiger partial charge is 0.281 e. The maximum absolute atomic E-state index is 13.6. The standard InChI is InChI=1S/C20H19N9OS/c1-11-10-31-19(25-11)28(6-4-21)17(30)15-13-16(29(27-15)7-5-22)14-12(8-20(13,2)3)9-24-18(23)26-14/h9-10H,6-8H2,1-3H3,(H2,23,24,26). The minimum atomic E-state index is -0.488. The zero-order chi connectivity index (χ0) is 22.3. The molecular formula is C20H19N9OS. The number of fused-ring (bicyclic) bond motifs is 3. The van der Waals surface area contributed by atoms with Crippen LogP contribution in [-0.2, 0) is 18.4 Å². The number of rotatable bonds is 4. The van der Waals surface area contributed by atoms with Crippen LogP contribution < -0.4 is 10.6 Å². The van der Waals surface area contributed by atoms with E-state index in [0.717, 1.165) is 11.3 Å². The van der Waals surface area contributed by atoms with Crippen LogP contribution in [0.15, 0.2) is 11.6 Å². The highest BCUT2D eigenvalue weighted by molar-refractivity contribution is 7.14. The molecule has 0 radical (unpaired) electrons. The number of hydrogen-bond donors (Lipinski definition) is 1. The quantitative estimate of drug-likeness (QED) is 0.615. The second-order valence-corrected chi connectivity index (χ2v) is 8.71. The molecule has 0 fully saturated rings. The molecule has 11 heteroatoms. The van der Waals surface area contributed by atoms with Crippen LogP contribution in [0, 0.1) is 29.6 Å². The molecule has 1 aliphatic rings. The van der Waals surface area contributed by atoms with Crippen LogP contribution in [0.2, 0.25) is 0 Å². The number of nitrogen functional groups attached to an aromatic ring is 1. The number of thiazole rings is 1. The van der Waals surface area contributed by atoms with E-state index in [2.05, 4.69) is 26.1 Å². The number of amides is 1. The molecule has 0 bridgehead atoms. The lowest BCUT2D eigenvalue weighted by Gasteiger charge is -2.32. The van der Waals surface area contributed by atoms with Crippen LogP contribution in [0.4, 0.5) is 11.1 Å². The van der Waals surface area contributed by atoms with Gasteiger partial charge in [-0.15, -0.1) is 11.3 Å². The SMILES string of the molecule is Cc1csc(N(CC#N)C(=O)c2nn(CC#N)c3c2C(C)(C)Cc2cnc(N)nc2-3)n1. The maximum atomic E-state index is 13.6. The summed E-state index contributed by atoms with van der Waals surface area (Å²) in [4.78, 5) is 27.8. The van der Waals surface area contributed by atoms with Crippen LogP contribution in [0.5, 0.6) is 0 Å². The van der Waals surface area contributed by atoms with E-state index in [1.165, 1.54) is 20.9 Å². The molecule has 156 valence electrons. The Hall–Kier alpha value is -3.83. The number of aryl methyl sites for hydroxylation is 1. The lowest BCUT2D eigenvalue weighted by Crippen LogP contribution is -2.35. The molecule has 1 aliphatic carbocycles. The Bertz CT molecular complexity index is 1270. The van der Waals surface area contributed by atoms with Crippen molar-refractivity contribution in [1.82, 2.24) is 24.7 Å². The van der Waals surface area contributed by atoms with E-state index in [1.54, 1.807) is 6.20 Å². The predicted molar refractivity (Wildman–Crippen MR) is 114 cm³/mol. The first kappa shape index (κ1) is 20.4. The summed E-state index contributed by atoms with van der Waals surface area (Å²) in [7, 11) is 0. The summed E-state index contributed by atoms with van der Waals surface area (Å²) in [6.45, 7) is 5.59. The van der Waals surface area contributed by atoms with E-state index in [1.807, 2.05) is 32.2 Å². The first-order valence-corrected chi connectivity index (χ1v) is 10.4. The van der Waals surface area contributed by atoms with Crippen molar-refractivity contribution in [3.8, 4) is 23.5 Å². The van der Waals surface area contributed by atoms with Gasteiger partial charge in [0.05, 0.1) is 29.2 Å². The molecule has 3 heterocycles. The number of hydrogen-bond acceptors (Lipinski definition) is 9. The monoisotopic (exact) mass is 433 g/mol. The fourth-order valence-electron chi connectivity index (χ4n) is 3.88. The van der Waals surface area contributed by atoms with Gasteiger partial charge in [0.2, 0.25) is 5.95 Å². The van der Waals surface area contributed by atoms with Gasteiger partial charge in [0.1, 0.15) is 13.1 Å². The second kappa shape index (κ2) is 7.45. The van der Waals surface area contributed by atoms with Gasteiger partial charge in [-0.3, -0.25) is 9.69 Å². The molecule has 0 aromatic carbocycles. The number of nitriles is 2. The lowest BCUT2D eigenvalue weighted by atomic mass is 9.73. The summed E-state index contributed by atoms with van der Waals surface area (Å²) < 4.78 is 1.48. The molecule has 0 aliphatic heterocycles. The van der Waals surface area contributed by atoms with Crippen molar-refractivity contribution < 1.29 is 4.79 Å². The summed E-state index contributed by atoms with van der Waals surface area (Å²) in [5.41, 5.74) is 8.98. The molecule has 0 unspecified atom stereocenters. The number of carbonyl (C=O) groups is 1. The molecule has 0 saturated heterocycles. The van der Waals surface area contributed by atoms with E-state index in [4.69, 9.17) is 5.73 Å². The van der Waals surface area contributed by atoms with Gasteiger partial charge in [-0.05, 0) is 24.3 Å². The summed E-state index contributed by atoms with van der Waals surface area (Å²) >= 11 is 1.28. The molecule has 0 spiro atoms. The molecule has 2 N–H and O–H groups in total. The highest BCUT2D eigenvalue weighted by Gasteiger charge is 2.41. The normalized spacial score (nSPS) is 13.6. The summed E-state index contributed by atoms with van der Waals surface area (Å²) in [5.74, 6) is -0.339. The molecule has 0 atom stereocenters. The van der Waals surface area contributed by atoms with Gasteiger partial charge in [0.15, 0.2) is 10.8 Å². The average molecular weight is 434 g/mol. The molecule has 0 saturated carbocycles. The number of nitrogens with zero attached hydrogens (tertiary/aromatic N) is 8. The third-order valence-electron chi connectivity index (χ3n) is 5.10.